The van der Waals surface area contributed by atoms with Crippen LogP contribution in [0.1, 0.15) is 10.4 Å². The van der Waals surface area contributed by atoms with Gasteiger partial charge in [0.2, 0.25) is 0 Å². The number of carbonyl (C=O) groups excluding carboxylic acids is 1. The molecule has 0 N–H and O–H groups in total. The maximum atomic E-state index is 13.0. The summed E-state index contributed by atoms with van der Waals surface area (Å²) in [5.74, 6) is 0.170. The Kier molecular flexibility index (Phi) is 3.63. The number of rotatable bonds is 3. The van der Waals surface area contributed by atoms with Crippen LogP contribution in [0, 0.1) is 5.82 Å². The lowest BCUT2D eigenvalue weighted by atomic mass is 10.00. The van der Waals surface area contributed by atoms with Crippen molar-refractivity contribution in [1.29, 1.82) is 0 Å². The number of benzene rings is 2. The summed E-state index contributed by atoms with van der Waals surface area (Å²) in [5.41, 5.74) is 1.71. The SMILES string of the molecule is COc1ccc(-c2ccc(F)cc2Cl)c(C=O)c1. The fourth-order valence-electron chi connectivity index (χ4n) is 1.72. The van der Waals surface area contributed by atoms with E-state index in [0.717, 1.165) is 6.29 Å². The van der Waals surface area contributed by atoms with Crippen molar-refractivity contribution in [3.63, 3.8) is 0 Å². The number of ether oxygens (including phenoxy) is 1. The molecule has 0 spiro atoms. The van der Waals surface area contributed by atoms with Crippen molar-refractivity contribution in [1.82, 2.24) is 0 Å². The van der Waals surface area contributed by atoms with Crippen LogP contribution in [-0.4, -0.2) is 13.4 Å². The molecule has 0 saturated carbocycles. The van der Waals surface area contributed by atoms with E-state index in [-0.39, 0.29) is 5.02 Å². The van der Waals surface area contributed by atoms with E-state index in [1.807, 2.05) is 0 Å². The molecular formula is C14H10ClFO2. The maximum absolute atomic E-state index is 13.0. The van der Waals surface area contributed by atoms with Crippen molar-refractivity contribution in [2.24, 2.45) is 0 Å². The van der Waals surface area contributed by atoms with Gasteiger partial charge in [0.05, 0.1) is 12.1 Å². The van der Waals surface area contributed by atoms with Crippen LogP contribution in [0.2, 0.25) is 5.02 Å². The summed E-state index contributed by atoms with van der Waals surface area (Å²) in [6, 6.07) is 9.13. The summed E-state index contributed by atoms with van der Waals surface area (Å²) < 4.78 is 18.0. The number of carbonyl (C=O) groups is 1. The molecule has 2 rings (SSSR count). The van der Waals surface area contributed by atoms with E-state index >= 15 is 0 Å². The van der Waals surface area contributed by atoms with E-state index in [1.165, 1.54) is 19.2 Å². The normalized spacial score (nSPS) is 10.2. The molecule has 0 amide bonds. The van der Waals surface area contributed by atoms with E-state index in [0.29, 0.717) is 22.4 Å². The summed E-state index contributed by atoms with van der Waals surface area (Å²) >= 11 is 5.98. The van der Waals surface area contributed by atoms with Crippen LogP contribution in [0.3, 0.4) is 0 Å². The molecule has 0 fully saturated rings. The van der Waals surface area contributed by atoms with Crippen molar-refractivity contribution in [2.75, 3.05) is 7.11 Å². The zero-order valence-corrected chi connectivity index (χ0v) is 10.4. The predicted octanol–water partition coefficient (Wildman–Crippen LogP) is 3.97. The molecule has 92 valence electrons. The Bertz CT molecular complexity index is 596. The monoisotopic (exact) mass is 264 g/mol. The summed E-state index contributed by atoms with van der Waals surface area (Å²) in [7, 11) is 1.52. The highest BCUT2D eigenvalue weighted by Crippen LogP contribution is 2.32. The van der Waals surface area contributed by atoms with Crippen molar-refractivity contribution in [3.05, 3.63) is 52.8 Å². The van der Waals surface area contributed by atoms with Gasteiger partial charge in [0.1, 0.15) is 11.6 Å². The van der Waals surface area contributed by atoms with Gasteiger partial charge in [0, 0.05) is 11.1 Å². The highest BCUT2D eigenvalue weighted by atomic mass is 35.5. The van der Waals surface area contributed by atoms with E-state index in [2.05, 4.69) is 0 Å². The molecular weight excluding hydrogens is 255 g/mol. The highest BCUT2D eigenvalue weighted by Gasteiger charge is 2.10. The number of hydrogen-bond donors (Lipinski definition) is 0. The maximum Gasteiger partial charge on any atom is 0.150 e. The summed E-state index contributed by atoms with van der Waals surface area (Å²) in [4.78, 5) is 11.1. The molecule has 4 heteroatoms. The fraction of sp³-hybridized carbons (Fsp3) is 0.0714. The number of aldehydes is 1. The molecule has 0 aliphatic carbocycles. The van der Waals surface area contributed by atoms with Gasteiger partial charge in [-0.1, -0.05) is 11.6 Å². The number of methoxy groups -OCH3 is 1. The lowest BCUT2D eigenvalue weighted by Crippen LogP contribution is -1.91. The third kappa shape index (κ3) is 2.36. The molecule has 0 radical (unpaired) electrons. The van der Waals surface area contributed by atoms with Crippen LogP contribution in [-0.2, 0) is 0 Å². The second-order valence-corrected chi connectivity index (χ2v) is 4.10. The van der Waals surface area contributed by atoms with Gasteiger partial charge in [0.25, 0.3) is 0 Å². The molecule has 2 aromatic carbocycles. The van der Waals surface area contributed by atoms with Crippen molar-refractivity contribution >= 4 is 17.9 Å². The predicted molar refractivity (Wildman–Crippen MR) is 68.8 cm³/mol. The standard InChI is InChI=1S/C14H10ClFO2/c1-18-11-3-5-12(9(6-11)8-17)13-4-2-10(16)7-14(13)15/h2-8H,1H3. The zero-order chi connectivity index (χ0) is 13.1. The quantitative estimate of drug-likeness (QED) is 0.784. The largest absolute Gasteiger partial charge is 0.497 e. The first-order chi connectivity index (χ1) is 8.65. The average Bonchev–Trinajstić information content (AvgIpc) is 2.38. The second kappa shape index (κ2) is 5.19. The first-order valence-electron chi connectivity index (χ1n) is 5.24. The number of hydrogen-bond acceptors (Lipinski definition) is 2. The van der Waals surface area contributed by atoms with E-state index < -0.39 is 5.82 Å². The van der Waals surface area contributed by atoms with Crippen molar-refractivity contribution < 1.29 is 13.9 Å². The molecule has 0 aromatic heterocycles. The van der Waals surface area contributed by atoms with Gasteiger partial charge in [-0.3, -0.25) is 4.79 Å². The van der Waals surface area contributed by atoms with Crippen LogP contribution < -0.4 is 4.74 Å². The topological polar surface area (TPSA) is 26.3 Å². The molecule has 0 aliphatic rings. The lowest BCUT2D eigenvalue weighted by Gasteiger charge is -2.09. The lowest BCUT2D eigenvalue weighted by molar-refractivity contribution is 0.112. The van der Waals surface area contributed by atoms with Gasteiger partial charge in [0.15, 0.2) is 6.29 Å². The minimum atomic E-state index is -0.412. The molecule has 0 bridgehead atoms. The molecule has 0 saturated heterocycles. The molecule has 0 heterocycles. The fourth-order valence-corrected chi connectivity index (χ4v) is 1.99. The summed E-state index contributed by atoms with van der Waals surface area (Å²) in [6.07, 6.45) is 0.720. The van der Waals surface area contributed by atoms with Crippen LogP contribution in [0.5, 0.6) is 5.75 Å². The Labute approximate surface area is 109 Å². The smallest absolute Gasteiger partial charge is 0.150 e. The van der Waals surface area contributed by atoms with E-state index in [9.17, 15) is 9.18 Å². The van der Waals surface area contributed by atoms with E-state index in [1.54, 1.807) is 24.3 Å². The molecule has 2 aromatic rings. The van der Waals surface area contributed by atoms with Crippen molar-refractivity contribution in [3.8, 4) is 16.9 Å². The van der Waals surface area contributed by atoms with Gasteiger partial charge in [-0.15, -0.1) is 0 Å². The first kappa shape index (κ1) is 12.6. The minimum absolute atomic E-state index is 0.267. The molecule has 0 atom stereocenters. The Morgan fingerprint density at radius 3 is 2.50 bits per heavy atom. The van der Waals surface area contributed by atoms with Crippen LogP contribution in [0.4, 0.5) is 4.39 Å². The molecule has 0 unspecified atom stereocenters. The summed E-state index contributed by atoms with van der Waals surface area (Å²) in [6.45, 7) is 0. The minimum Gasteiger partial charge on any atom is -0.497 e. The van der Waals surface area contributed by atoms with Crippen molar-refractivity contribution in [2.45, 2.75) is 0 Å². The van der Waals surface area contributed by atoms with Gasteiger partial charge >= 0.3 is 0 Å². The molecule has 0 aliphatic heterocycles. The Morgan fingerprint density at radius 1 is 1.17 bits per heavy atom. The highest BCUT2D eigenvalue weighted by molar-refractivity contribution is 6.33. The number of halogens is 2. The summed E-state index contributed by atoms with van der Waals surface area (Å²) in [5, 5.41) is 0.267. The third-order valence-electron chi connectivity index (χ3n) is 2.61. The molecule has 18 heavy (non-hydrogen) atoms. The zero-order valence-electron chi connectivity index (χ0n) is 9.61. The van der Waals surface area contributed by atoms with Crippen LogP contribution >= 0.6 is 11.6 Å². The van der Waals surface area contributed by atoms with Crippen LogP contribution in [0.15, 0.2) is 36.4 Å². The Hall–Kier alpha value is -1.87. The van der Waals surface area contributed by atoms with Gasteiger partial charge < -0.3 is 4.74 Å². The third-order valence-corrected chi connectivity index (χ3v) is 2.92. The molecule has 2 nitrogen and oxygen atoms in total. The Balaban J connectivity index is 2.59. The second-order valence-electron chi connectivity index (χ2n) is 3.70. The Morgan fingerprint density at radius 2 is 1.89 bits per heavy atom. The average molecular weight is 265 g/mol. The van der Waals surface area contributed by atoms with Gasteiger partial charge in [-0.2, -0.15) is 0 Å². The van der Waals surface area contributed by atoms with Gasteiger partial charge in [-0.25, -0.2) is 4.39 Å². The first-order valence-corrected chi connectivity index (χ1v) is 5.62. The van der Waals surface area contributed by atoms with Crippen LogP contribution in [0.25, 0.3) is 11.1 Å². The van der Waals surface area contributed by atoms with Gasteiger partial charge in [-0.05, 0) is 42.0 Å². The van der Waals surface area contributed by atoms with E-state index in [4.69, 9.17) is 16.3 Å².